The van der Waals surface area contributed by atoms with Crippen molar-refractivity contribution in [2.45, 2.75) is 57.2 Å². The van der Waals surface area contributed by atoms with Gasteiger partial charge in [0, 0.05) is 25.0 Å². The highest BCUT2D eigenvalue weighted by Crippen LogP contribution is 2.50. The number of aliphatic hydroxyl groups is 1. The maximum Gasteiger partial charge on any atom is 0.161 e. The van der Waals surface area contributed by atoms with Crippen molar-refractivity contribution in [1.82, 2.24) is 4.90 Å². The van der Waals surface area contributed by atoms with Crippen LogP contribution in [0.25, 0.3) is 0 Å². The van der Waals surface area contributed by atoms with Gasteiger partial charge in [0.05, 0.1) is 19.8 Å². The lowest BCUT2D eigenvalue weighted by Crippen LogP contribution is -2.54. The Bertz CT molecular complexity index is 834. The number of aryl methyl sites for hydroxylation is 1. The molecule has 0 radical (unpaired) electrons. The first-order valence-corrected chi connectivity index (χ1v) is 10.8. The second kappa shape index (κ2) is 8.37. The molecule has 0 unspecified atom stereocenters. The van der Waals surface area contributed by atoms with Crippen molar-refractivity contribution < 1.29 is 14.6 Å². The summed E-state index contributed by atoms with van der Waals surface area (Å²) in [5.74, 6) is 1.75. The third kappa shape index (κ3) is 4.01. The van der Waals surface area contributed by atoms with Crippen molar-refractivity contribution >= 4 is 0 Å². The highest BCUT2D eigenvalue weighted by atomic mass is 16.5. The van der Waals surface area contributed by atoms with Crippen LogP contribution in [-0.2, 0) is 6.54 Å². The quantitative estimate of drug-likeness (QED) is 0.783. The van der Waals surface area contributed by atoms with Crippen LogP contribution < -0.4 is 9.47 Å². The molecule has 156 valence electrons. The molecule has 0 spiro atoms. The van der Waals surface area contributed by atoms with Gasteiger partial charge in [0.25, 0.3) is 0 Å². The van der Waals surface area contributed by atoms with Gasteiger partial charge < -0.3 is 14.6 Å². The SMILES string of the molecule is COc1ccc([C@H]2[C@H]3CCCC[C@]3(O)CCN2Cc2ccc(C)cc2)cc1OC. The minimum absolute atomic E-state index is 0.176. The minimum atomic E-state index is -0.556. The standard InChI is InChI=1S/C25H33NO3/c1-18-7-9-19(10-8-18)17-26-15-14-25(27)13-5-4-6-21(25)24(26)20-11-12-22(28-2)23(16-20)29-3/h7-12,16,21,24,27H,4-6,13-15,17H2,1-3H3/t21-,24+,25+/m1/s1. The van der Waals surface area contributed by atoms with E-state index in [0.717, 1.165) is 50.3 Å². The third-order valence-electron chi connectivity index (χ3n) is 6.93. The van der Waals surface area contributed by atoms with Gasteiger partial charge in [-0.15, -0.1) is 0 Å². The zero-order valence-electron chi connectivity index (χ0n) is 17.9. The Morgan fingerprint density at radius 1 is 1.00 bits per heavy atom. The van der Waals surface area contributed by atoms with E-state index in [2.05, 4.69) is 48.2 Å². The summed E-state index contributed by atoms with van der Waals surface area (Å²) < 4.78 is 11.0. The third-order valence-corrected chi connectivity index (χ3v) is 6.93. The molecule has 4 rings (SSSR count). The second-order valence-corrected chi connectivity index (χ2v) is 8.72. The first-order valence-electron chi connectivity index (χ1n) is 10.8. The fraction of sp³-hybridized carbons (Fsp3) is 0.520. The Morgan fingerprint density at radius 2 is 1.76 bits per heavy atom. The predicted molar refractivity (Wildman–Crippen MR) is 115 cm³/mol. The molecule has 29 heavy (non-hydrogen) atoms. The molecule has 1 saturated carbocycles. The van der Waals surface area contributed by atoms with Crippen LogP contribution in [0.3, 0.4) is 0 Å². The first kappa shape index (κ1) is 20.2. The fourth-order valence-electron chi connectivity index (χ4n) is 5.33. The number of fused-ring (bicyclic) bond motifs is 1. The largest absolute Gasteiger partial charge is 0.493 e. The van der Waals surface area contributed by atoms with Gasteiger partial charge in [0.2, 0.25) is 0 Å². The van der Waals surface area contributed by atoms with Crippen molar-refractivity contribution in [3.63, 3.8) is 0 Å². The summed E-state index contributed by atoms with van der Waals surface area (Å²) in [6, 6.07) is 15.2. The summed E-state index contributed by atoms with van der Waals surface area (Å²) >= 11 is 0. The van der Waals surface area contributed by atoms with Crippen LogP contribution in [0.5, 0.6) is 11.5 Å². The maximum absolute atomic E-state index is 11.5. The zero-order chi connectivity index (χ0) is 20.4. The van der Waals surface area contributed by atoms with Crippen LogP contribution in [0.2, 0.25) is 0 Å². The molecule has 0 bridgehead atoms. The fourth-order valence-corrected chi connectivity index (χ4v) is 5.33. The molecule has 1 N–H and O–H groups in total. The lowest BCUT2D eigenvalue weighted by atomic mass is 9.66. The Balaban J connectivity index is 1.71. The molecule has 3 atom stereocenters. The van der Waals surface area contributed by atoms with E-state index in [9.17, 15) is 5.11 Å². The Labute approximate surface area is 174 Å². The number of benzene rings is 2. The minimum Gasteiger partial charge on any atom is -0.493 e. The van der Waals surface area contributed by atoms with E-state index in [-0.39, 0.29) is 12.0 Å². The highest BCUT2D eigenvalue weighted by molar-refractivity contribution is 5.44. The van der Waals surface area contributed by atoms with Gasteiger partial charge in [-0.1, -0.05) is 48.7 Å². The molecular weight excluding hydrogens is 362 g/mol. The normalized spacial score (nSPS) is 27.3. The molecule has 2 aliphatic rings. The molecule has 1 saturated heterocycles. The van der Waals surface area contributed by atoms with Gasteiger partial charge in [0.15, 0.2) is 11.5 Å². The van der Waals surface area contributed by atoms with Crippen LogP contribution >= 0.6 is 0 Å². The highest BCUT2D eigenvalue weighted by Gasteiger charge is 2.48. The Morgan fingerprint density at radius 3 is 2.48 bits per heavy atom. The number of likely N-dealkylation sites (tertiary alicyclic amines) is 1. The summed E-state index contributed by atoms with van der Waals surface area (Å²) in [6.07, 6.45) is 5.16. The van der Waals surface area contributed by atoms with Gasteiger partial charge in [-0.3, -0.25) is 4.90 Å². The van der Waals surface area contributed by atoms with Crippen LogP contribution in [0.15, 0.2) is 42.5 Å². The molecule has 0 amide bonds. The van der Waals surface area contributed by atoms with Gasteiger partial charge >= 0.3 is 0 Å². The average Bonchev–Trinajstić information content (AvgIpc) is 2.74. The van der Waals surface area contributed by atoms with Crippen molar-refractivity contribution in [3.05, 3.63) is 59.2 Å². The molecular formula is C25H33NO3. The molecule has 1 heterocycles. The van der Waals surface area contributed by atoms with Crippen LogP contribution in [0.1, 0.15) is 54.8 Å². The molecule has 2 aromatic carbocycles. The monoisotopic (exact) mass is 395 g/mol. The van der Waals surface area contributed by atoms with Gasteiger partial charge in [0.1, 0.15) is 0 Å². The zero-order valence-corrected chi connectivity index (χ0v) is 17.9. The summed E-state index contributed by atoms with van der Waals surface area (Å²) in [6.45, 7) is 3.92. The van der Waals surface area contributed by atoms with Crippen LogP contribution in [0.4, 0.5) is 0 Å². The first-order chi connectivity index (χ1) is 14.0. The number of hydrogen-bond acceptors (Lipinski definition) is 4. The number of nitrogens with zero attached hydrogens (tertiary/aromatic N) is 1. The molecule has 2 aromatic rings. The van der Waals surface area contributed by atoms with Crippen LogP contribution in [-0.4, -0.2) is 36.4 Å². The van der Waals surface area contributed by atoms with E-state index in [1.165, 1.54) is 23.1 Å². The van der Waals surface area contributed by atoms with Gasteiger partial charge in [-0.2, -0.15) is 0 Å². The summed E-state index contributed by atoms with van der Waals surface area (Å²) in [4.78, 5) is 2.55. The topological polar surface area (TPSA) is 41.9 Å². The second-order valence-electron chi connectivity index (χ2n) is 8.72. The van der Waals surface area contributed by atoms with E-state index < -0.39 is 5.60 Å². The summed E-state index contributed by atoms with van der Waals surface area (Å²) in [5, 5.41) is 11.5. The van der Waals surface area contributed by atoms with Crippen LogP contribution in [0, 0.1) is 12.8 Å². The van der Waals surface area contributed by atoms with Crippen molar-refractivity contribution in [2.24, 2.45) is 5.92 Å². The molecule has 4 heteroatoms. The van der Waals surface area contributed by atoms with E-state index >= 15 is 0 Å². The van der Waals surface area contributed by atoms with E-state index in [1.807, 2.05) is 6.07 Å². The lowest BCUT2D eigenvalue weighted by Gasteiger charge is -2.53. The summed E-state index contributed by atoms with van der Waals surface area (Å²) in [7, 11) is 3.35. The van der Waals surface area contributed by atoms with Gasteiger partial charge in [-0.25, -0.2) is 0 Å². The average molecular weight is 396 g/mol. The molecule has 1 aliphatic heterocycles. The smallest absolute Gasteiger partial charge is 0.161 e. The Kier molecular flexibility index (Phi) is 5.84. The number of methoxy groups -OCH3 is 2. The van der Waals surface area contributed by atoms with E-state index in [1.54, 1.807) is 14.2 Å². The summed E-state index contributed by atoms with van der Waals surface area (Å²) in [5.41, 5.74) is 3.26. The molecule has 2 fully saturated rings. The Hall–Kier alpha value is -2.04. The van der Waals surface area contributed by atoms with Crippen molar-refractivity contribution in [2.75, 3.05) is 20.8 Å². The predicted octanol–water partition coefficient (Wildman–Crippen LogP) is 4.88. The molecule has 0 aromatic heterocycles. The molecule has 1 aliphatic carbocycles. The van der Waals surface area contributed by atoms with E-state index in [4.69, 9.17) is 9.47 Å². The van der Waals surface area contributed by atoms with Crippen molar-refractivity contribution in [1.29, 1.82) is 0 Å². The lowest BCUT2D eigenvalue weighted by molar-refractivity contribution is -0.126. The number of hydrogen-bond donors (Lipinski definition) is 1. The number of ether oxygens (including phenoxy) is 2. The maximum atomic E-state index is 11.5. The number of rotatable bonds is 5. The molecule has 4 nitrogen and oxygen atoms in total. The number of piperidine rings is 1. The van der Waals surface area contributed by atoms with Gasteiger partial charge in [-0.05, 0) is 49.4 Å². The van der Waals surface area contributed by atoms with E-state index in [0.29, 0.717) is 0 Å². The van der Waals surface area contributed by atoms with Crippen molar-refractivity contribution in [3.8, 4) is 11.5 Å².